The van der Waals surface area contributed by atoms with Gasteiger partial charge in [0.15, 0.2) is 0 Å². The van der Waals surface area contributed by atoms with Gasteiger partial charge in [0.1, 0.15) is 0 Å². The van der Waals surface area contributed by atoms with Crippen LogP contribution in [0, 0.1) is 6.92 Å². The van der Waals surface area contributed by atoms with E-state index >= 15 is 0 Å². The second-order valence-electron chi connectivity index (χ2n) is 5.59. The summed E-state index contributed by atoms with van der Waals surface area (Å²) in [4.78, 5) is 34.3. The summed E-state index contributed by atoms with van der Waals surface area (Å²) in [6, 6.07) is 8.78. The van der Waals surface area contributed by atoms with E-state index in [1.165, 1.54) is 4.52 Å². The van der Waals surface area contributed by atoms with E-state index in [4.69, 9.17) is 0 Å². The fourth-order valence-corrected chi connectivity index (χ4v) is 2.17. The Morgan fingerprint density at radius 1 is 1.12 bits per heavy atom. The molecule has 2 aromatic heterocycles. The predicted octanol–water partition coefficient (Wildman–Crippen LogP) is 0.574. The number of carbonyl (C=O) groups is 2. The number of anilines is 1. The highest BCUT2D eigenvalue weighted by Crippen LogP contribution is 2.13. The summed E-state index contributed by atoms with van der Waals surface area (Å²) in [5, 5.41) is 4.07. The van der Waals surface area contributed by atoms with Gasteiger partial charge in [-0.2, -0.15) is 4.98 Å². The first-order chi connectivity index (χ1) is 12.0. The van der Waals surface area contributed by atoms with Gasteiger partial charge in [0.2, 0.25) is 5.82 Å². The average molecular weight is 339 g/mol. The molecule has 2 heterocycles. The fourth-order valence-electron chi connectivity index (χ4n) is 2.17. The summed E-state index contributed by atoms with van der Waals surface area (Å²) in [7, 11) is 3.76. The van der Waals surface area contributed by atoms with Crippen molar-refractivity contribution in [1.82, 2.24) is 30.4 Å². The van der Waals surface area contributed by atoms with Crippen LogP contribution in [0.2, 0.25) is 0 Å². The molecule has 0 radical (unpaired) electrons. The Labute approximate surface area is 143 Å². The van der Waals surface area contributed by atoms with E-state index in [0.717, 1.165) is 11.4 Å². The topological polar surface area (TPSA) is 105 Å². The Kier molecular flexibility index (Phi) is 4.29. The predicted molar refractivity (Wildman–Crippen MR) is 91.2 cm³/mol. The molecule has 2 N–H and O–H groups in total. The molecule has 0 spiro atoms. The molecule has 3 aromatic rings. The highest BCUT2D eigenvalue weighted by Gasteiger charge is 2.15. The average Bonchev–Trinajstić information content (AvgIpc) is 3.05. The number of nitrogens with zero attached hydrogens (tertiary/aromatic N) is 5. The van der Waals surface area contributed by atoms with Gasteiger partial charge < -0.3 is 4.90 Å². The van der Waals surface area contributed by atoms with Crippen LogP contribution in [0.5, 0.6) is 0 Å². The van der Waals surface area contributed by atoms with E-state index in [9.17, 15) is 9.59 Å². The maximum atomic E-state index is 12.2. The van der Waals surface area contributed by atoms with Gasteiger partial charge in [-0.15, -0.1) is 5.10 Å². The largest absolute Gasteiger partial charge is 0.378 e. The summed E-state index contributed by atoms with van der Waals surface area (Å²) in [6.45, 7) is 1.82. The molecular formula is C16H17N7O2. The number of nitrogens with one attached hydrogen (secondary N) is 2. The van der Waals surface area contributed by atoms with E-state index in [1.807, 2.05) is 32.0 Å². The highest BCUT2D eigenvalue weighted by atomic mass is 16.2. The van der Waals surface area contributed by atoms with Crippen LogP contribution < -0.4 is 15.8 Å². The zero-order chi connectivity index (χ0) is 18.0. The van der Waals surface area contributed by atoms with Gasteiger partial charge in [-0.25, -0.2) is 9.50 Å². The van der Waals surface area contributed by atoms with Crippen molar-refractivity contribution in [2.75, 3.05) is 19.0 Å². The summed E-state index contributed by atoms with van der Waals surface area (Å²) in [5.41, 5.74) is 6.76. The quantitative estimate of drug-likeness (QED) is 0.676. The first-order valence-electron chi connectivity index (χ1n) is 7.52. The molecule has 25 heavy (non-hydrogen) atoms. The van der Waals surface area contributed by atoms with Crippen molar-refractivity contribution in [2.45, 2.75) is 6.92 Å². The number of carbonyl (C=O) groups excluding carboxylic acids is 2. The molecule has 0 saturated carbocycles. The van der Waals surface area contributed by atoms with Crippen molar-refractivity contribution in [3.63, 3.8) is 0 Å². The summed E-state index contributed by atoms with van der Waals surface area (Å²) >= 11 is 0. The van der Waals surface area contributed by atoms with Gasteiger partial charge in [0.05, 0.1) is 0 Å². The maximum absolute atomic E-state index is 12.2. The number of aryl methyl sites for hydroxylation is 1. The highest BCUT2D eigenvalue weighted by molar-refractivity contribution is 5.98. The molecule has 0 bridgehead atoms. The monoisotopic (exact) mass is 339 g/mol. The molecule has 0 fully saturated rings. The van der Waals surface area contributed by atoms with Crippen LogP contribution in [0.25, 0.3) is 5.78 Å². The third-order valence-corrected chi connectivity index (χ3v) is 3.55. The zero-order valence-corrected chi connectivity index (χ0v) is 14.0. The van der Waals surface area contributed by atoms with Crippen molar-refractivity contribution < 1.29 is 9.59 Å². The Hall–Kier alpha value is -3.49. The van der Waals surface area contributed by atoms with E-state index in [1.54, 1.807) is 30.5 Å². The van der Waals surface area contributed by atoms with Crippen LogP contribution in [0.1, 0.15) is 26.7 Å². The van der Waals surface area contributed by atoms with Gasteiger partial charge >= 0.3 is 5.91 Å². The van der Waals surface area contributed by atoms with E-state index in [0.29, 0.717) is 11.3 Å². The Bertz CT molecular complexity index is 949. The minimum absolute atomic E-state index is 0.0795. The number of hydrazine groups is 1. The number of hydrogen-bond acceptors (Lipinski definition) is 6. The zero-order valence-electron chi connectivity index (χ0n) is 14.0. The molecule has 9 nitrogen and oxygen atoms in total. The number of hydrogen-bond donors (Lipinski definition) is 2. The van der Waals surface area contributed by atoms with Gasteiger partial charge in [-0.05, 0) is 31.2 Å². The molecule has 0 aliphatic heterocycles. The molecule has 0 aliphatic carbocycles. The van der Waals surface area contributed by atoms with E-state index in [2.05, 4.69) is 25.9 Å². The second-order valence-corrected chi connectivity index (χ2v) is 5.59. The van der Waals surface area contributed by atoms with Crippen LogP contribution in [0.15, 0.2) is 36.5 Å². The molecule has 0 aliphatic rings. The lowest BCUT2D eigenvalue weighted by Crippen LogP contribution is -2.42. The molecule has 0 atom stereocenters. The molecule has 3 rings (SSSR count). The maximum Gasteiger partial charge on any atom is 0.309 e. The molecule has 128 valence electrons. The number of fused-ring (bicyclic) bond motifs is 1. The third kappa shape index (κ3) is 3.39. The minimum Gasteiger partial charge on any atom is -0.378 e. The first kappa shape index (κ1) is 16.4. The van der Waals surface area contributed by atoms with Crippen LogP contribution >= 0.6 is 0 Å². The molecule has 2 amide bonds. The van der Waals surface area contributed by atoms with Gasteiger partial charge in [-0.1, -0.05) is 6.07 Å². The molecule has 0 saturated heterocycles. The van der Waals surface area contributed by atoms with Gasteiger partial charge in [-0.3, -0.25) is 20.4 Å². The summed E-state index contributed by atoms with van der Waals surface area (Å²) in [5.74, 6) is -0.823. The second kappa shape index (κ2) is 6.56. The van der Waals surface area contributed by atoms with Gasteiger partial charge in [0.25, 0.3) is 11.7 Å². The van der Waals surface area contributed by atoms with Crippen molar-refractivity contribution in [3.05, 3.63) is 53.6 Å². The van der Waals surface area contributed by atoms with Crippen molar-refractivity contribution in [1.29, 1.82) is 0 Å². The standard InChI is InChI=1S/C16H17N7O2/c1-10-7-8-17-16-18-13(21-23(10)16)15(25)20-19-14(24)11-5-4-6-12(9-11)22(2)3/h4-9H,1-3H3,(H,19,24)(H,20,25). The lowest BCUT2D eigenvalue weighted by Gasteiger charge is -2.13. The Balaban J connectivity index is 1.70. The Morgan fingerprint density at radius 2 is 1.88 bits per heavy atom. The lowest BCUT2D eigenvalue weighted by atomic mass is 10.2. The number of benzene rings is 1. The lowest BCUT2D eigenvalue weighted by molar-refractivity contribution is 0.0841. The van der Waals surface area contributed by atoms with Crippen LogP contribution in [-0.2, 0) is 0 Å². The smallest absolute Gasteiger partial charge is 0.309 e. The molecule has 9 heteroatoms. The SMILES string of the molecule is Cc1ccnc2nc(C(=O)NNC(=O)c3cccc(N(C)C)c3)nn12. The third-order valence-electron chi connectivity index (χ3n) is 3.55. The van der Waals surface area contributed by atoms with E-state index < -0.39 is 11.8 Å². The first-order valence-corrected chi connectivity index (χ1v) is 7.52. The van der Waals surface area contributed by atoms with E-state index in [-0.39, 0.29) is 5.82 Å². The minimum atomic E-state index is -0.623. The summed E-state index contributed by atoms with van der Waals surface area (Å²) in [6.07, 6.45) is 1.58. The summed E-state index contributed by atoms with van der Waals surface area (Å²) < 4.78 is 1.46. The van der Waals surface area contributed by atoms with Crippen molar-refractivity contribution in [2.24, 2.45) is 0 Å². The normalized spacial score (nSPS) is 10.5. The molecule has 0 unspecified atom stereocenters. The Morgan fingerprint density at radius 3 is 2.60 bits per heavy atom. The van der Waals surface area contributed by atoms with Crippen molar-refractivity contribution in [3.8, 4) is 0 Å². The number of amides is 2. The van der Waals surface area contributed by atoms with Crippen LogP contribution in [0.4, 0.5) is 5.69 Å². The number of rotatable bonds is 3. The molecular weight excluding hydrogens is 322 g/mol. The van der Waals surface area contributed by atoms with Crippen LogP contribution in [0.3, 0.4) is 0 Å². The van der Waals surface area contributed by atoms with Gasteiger partial charge in [0, 0.05) is 37.2 Å². The van der Waals surface area contributed by atoms with Crippen LogP contribution in [-0.4, -0.2) is 45.5 Å². The van der Waals surface area contributed by atoms with Crippen molar-refractivity contribution >= 4 is 23.3 Å². The number of aromatic nitrogens is 4. The molecule has 1 aromatic carbocycles. The fraction of sp³-hybridized carbons (Fsp3) is 0.188.